The minimum absolute atomic E-state index is 0.0757. The van der Waals surface area contributed by atoms with Gasteiger partial charge >= 0.3 is 7.82 Å². The Bertz CT molecular complexity index is 600. The van der Waals surface area contributed by atoms with Gasteiger partial charge < -0.3 is 19.8 Å². The summed E-state index contributed by atoms with van der Waals surface area (Å²) in [5, 5.41) is 13.5. The molecule has 0 spiro atoms. The first-order valence-electron chi connectivity index (χ1n) is 14.9. The monoisotopic (exact) mass is 551 g/mol. The Balaban J connectivity index is 4.32. The van der Waals surface area contributed by atoms with Gasteiger partial charge in [0.05, 0.1) is 39.9 Å². The van der Waals surface area contributed by atoms with E-state index in [0.717, 1.165) is 38.5 Å². The molecule has 9 heteroatoms. The SMILES string of the molecule is CCCCCCCCCCCCCCC(=O)NC(COP(=O)(O)OCC[N+](C)(C)C)C(O)CCCCC. The summed E-state index contributed by atoms with van der Waals surface area (Å²) in [6.07, 6.45) is 17.6. The molecule has 37 heavy (non-hydrogen) atoms. The van der Waals surface area contributed by atoms with E-state index in [-0.39, 0.29) is 19.1 Å². The van der Waals surface area contributed by atoms with Crippen LogP contribution in [-0.2, 0) is 18.4 Å². The molecule has 0 aromatic carbocycles. The van der Waals surface area contributed by atoms with E-state index < -0.39 is 20.0 Å². The third-order valence-corrected chi connectivity index (χ3v) is 7.59. The molecular weight excluding hydrogens is 491 g/mol. The zero-order valence-electron chi connectivity index (χ0n) is 24.7. The minimum atomic E-state index is -4.27. The molecule has 3 unspecified atom stereocenters. The number of likely N-dealkylation sites (N-methyl/N-ethyl adjacent to an activating group) is 1. The molecule has 0 aliphatic heterocycles. The molecule has 0 bridgehead atoms. The van der Waals surface area contributed by atoms with Gasteiger partial charge in [0.25, 0.3) is 0 Å². The van der Waals surface area contributed by atoms with Crippen LogP contribution in [0.3, 0.4) is 0 Å². The van der Waals surface area contributed by atoms with Crippen LogP contribution in [-0.4, -0.2) is 73.4 Å². The second-order valence-corrected chi connectivity index (χ2v) is 12.9. The number of unbranched alkanes of at least 4 members (excludes halogenated alkanes) is 13. The van der Waals surface area contributed by atoms with Crippen molar-refractivity contribution in [3.8, 4) is 0 Å². The summed E-state index contributed by atoms with van der Waals surface area (Å²) in [4.78, 5) is 22.6. The van der Waals surface area contributed by atoms with E-state index in [9.17, 15) is 19.4 Å². The van der Waals surface area contributed by atoms with Crippen molar-refractivity contribution in [2.45, 2.75) is 135 Å². The molecule has 3 atom stereocenters. The molecule has 0 saturated carbocycles. The zero-order valence-corrected chi connectivity index (χ0v) is 25.6. The first-order valence-corrected chi connectivity index (χ1v) is 16.4. The first-order chi connectivity index (χ1) is 17.5. The van der Waals surface area contributed by atoms with Crippen LogP contribution in [0.5, 0.6) is 0 Å². The number of phosphoric ester groups is 1. The van der Waals surface area contributed by atoms with E-state index in [2.05, 4.69) is 19.2 Å². The van der Waals surface area contributed by atoms with E-state index in [0.29, 0.717) is 23.9 Å². The highest BCUT2D eigenvalue weighted by Crippen LogP contribution is 2.43. The molecule has 0 aromatic rings. The fourth-order valence-corrected chi connectivity index (χ4v) is 4.84. The number of nitrogens with one attached hydrogen (secondary N) is 1. The Labute approximate surface area is 228 Å². The van der Waals surface area contributed by atoms with Crippen molar-refractivity contribution in [2.75, 3.05) is 40.9 Å². The number of phosphoric acid groups is 1. The summed E-state index contributed by atoms with van der Waals surface area (Å²) < 4.78 is 23.1. The molecule has 0 aliphatic carbocycles. The molecule has 0 radical (unpaired) electrons. The number of nitrogens with zero attached hydrogens (tertiary/aromatic N) is 1. The number of carbonyl (C=O) groups excluding carboxylic acids is 1. The molecule has 0 aromatic heterocycles. The Kier molecular flexibility index (Phi) is 22.0. The number of quaternary nitrogens is 1. The van der Waals surface area contributed by atoms with Crippen LogP contribution in [0.25, 0.3) is 0 Å². The van der Waals surface area contributed by atoms with E-state index in [1.807, 2.05) is 21.1 Å². The van der Waals surface area contributed by atoms with Crippen LogP contribution in [0.15, 0.2) is 0 Å². The van der Waals surface area contributed by atoms with Crippen LogP contribution in [0.1, 0.15) is 123 Å². The van der Waals surface area contributed by atoms with Gasteiger partial charge in [-0.25, -0.2) is 4.57 Å². The summed E-state index contributed by atoms with van der Waals surface area (Å²) in [5.41, 5.74) is 0. The summed E-state index contributed by atoms with van der Waals surface area (Å²) in [6, 6.07) is -0.746. The first kappa shape index (κ1) is 36.5. The molecule has 8 nitrogen and oxygen atoms in total. The number of hydrogen-bond donors (Lipinski definition) is 3. The van der Waals surface area contributed by atoms with E-state index in [4.69, 9.17) is 9.05 Å². The van der Waals surface area contributed by atoms with Gasteiger partial charge in [-0.05, 0) is 12.8 Å². The highest BCUT2D eigenvalue weighted by molar-refractivity contribution is 7.47. The van der Waals surface area contributed by atoms with Crippen molar-refractivity contribution < 1.29 is 32.9 Å². The maximum Gasteiger partial charge on any atom is 0.472 e. The van der Waals surface area contributed by atoms with Crippen molar-refractivity contribution in [3.05, 3.63) is 0 Å². The van der Waals surface area contributed by atoms with E-state index in [1.165, 1.54) is 57.8 Å². The second kappa shape index (κ2) is 22.3. The molecule has 0 saturated heterocycles. The predicted octanol–water partition coefficient (Wildman–Crippen LogP) is 6.34. The largest absolute Gasteiger partial charge is 0.472 e. The fraction of sp³-hybridized carbons (Fsp3) is 0.964. The molecule has 0 rings (SSSR count). The Hall–Kier alpha value is -0.500. The molecule has 3 N–H and O–H groups in total. The maximum absolute atomic E-state index is 12.5. The quantitative estimate of drug-likeness (QED) is 0.0658. The molecule has 0 aliphatic rings. The fourth-order valence-electron chi connectivity index (χ4n) is 4.10. The third-order valence-electron chi connectivity index (χ3n) is 6.61. The number of amides is 1. The van der Waals surface area contributed by atoms with Gasteiger partial charge in [-0.15, -0.1) is 0 Å². The second-order valence-electron chi connectivity index (χ2n) is 11.5. The Morgan fingerprint density at radius 2 is 1.30 bits per heavy atom. The van der Waals surface area contributed by atoms with Gasteiger partial charge in [-0.1, -0.05) is 104 Å². The van der Waals surface area contributed by atoms with E-state index >= 15 is 0 Å². The van der Waals surface area contributed by atoms with Gasteiger partial charge in [-0.3, -0.25) is 13.8 Å². The molecule has 1 amide bonds. The van der Waals surface area contributed by atoms with Crippen LogP contribution in [0, 0.1) is 0 Å². The predicted molar refractivity (Wildman–Crippen MR) is 152 cm³/mol. The average molecular weight is 552 g/mol. The Morgan fingerprint density at radius 1 is 0.811 bits per heavy atom. The number of aliphatic hydroxyl groups excluding tert-OH is 1. The lowest BCUT2D eigenvalue weighted by atomic mass is 10.0. The zero-order chi connectivity index (χ0) is 28.0. The van der Waals surface area contributed by atoms with Gasteiger partial charge in [0.15, 0.2) is 0 Å². The summed E-state index contributed by atoms with van der Waals surface area (Å²) in [7, 11) is 1.61. The lowest BCUT2D eigenvalue weighted by Gasteiger charge is -2.26. The highest BCUT2D eigenvalue weighted by atomic mass is 31.2. The summed E-state index contributed by atoms with van der Waals surface area (Å²) >= 11 is 0. The Morgan fingerprint density at radius 3 is 1.81 bits per heavy atom. The summed E-state index contributed by atoms with van der Waals surface area (Å²) in [5.74, 6) is -0.158. The molecule has 0 heterocycles. The number of hydrogen-bond acceptors (Lipinski definition) is 5. The van der Waals surface area contributed by atoms with Crippen molar-refractivity contribution in [2.24, 2.45) is 0 Å². The topological polar surface area (TPSA) is 105 Å². The van der Waals surface area contributed by atoms with Crippen LogP contribution in [0.2, 0.25) is 0 Å². The minimum Gasteiger partial charge on any atom is -0.391 e. The third kappa shape index (κ3) is 24.3. The number of aliphatic hydroxyl groups is 1. The van der Waals surface area contributed by atoms with Crippen molar-refractivity contribution in [3.63, 3.8) is 0 Å². The molecule has 0 fully saturated rings. The van der Waals surface area contributed by atoms with Gasteiger partial charge in [0.2, 0.25) is 5.91 Å². The molecule has 222 valence electrons. The standard InChI is InChI=1S/C28H59N2O6P/c1-6-8-10-11-12-13-14-15-16-17-18-20-22-28(32)29-26(27(31)21-19-9-7-2)25-36-37(33,34)35-24-23-30(3,4)5/h26-27,31H,6-25H2,1-5H3,(H-,29,32,33,34)/p+1. The van der Waals surface area contributed by atoms with Gasteiger partial charge in [-0.2, -0.15) is 0 Å². The van der Waals surface area contributed by atoms with Crippen molar-refractivity contribution >= 4 is 13.7 Å². The maximum atomic E-state index is 12.5. The molecular formula is C28H60N2O6P+. The number of rotatable bonds is 26. The highest BCUT2D eigenvalue weighted by Gasteiger charge is 2.28. The van der Waals surface area contributed by atoms with Crippen LogP contribution < -0.4 is 5.32 Å². The van der Waals surface area contributed by atoms with Crippen LogP contribution >= 0.6 is 7.82 Å². The van der Waals surface area contributed by atoms with Gasteiger partial charge in [0, 0.05) is 6.42 Å². The van der Waals surface area contributed by atoms with E-state index in [1.54, 1.807) is 0 Å². The normalized spacial score (nSPS) is 15.3. The smallest absolute Gasteiger partial charge is 0.391 e. The lowest BCUT2D eigenvalue weighted by molar-refractivity contribution is -0.870. The number of carbonyl (C=O) groups is 1. The average Bonchev–Trinajstić information content (AvgIpc) is 2.81. The van der Waals surface area contributed by atoms with Crippen molar-refractivity contribution in [1.29, 1.82) is 0 Å². The van der Waals surface area contributed by atoms with Crippen LogP contribution in [0.4, 0.5) is 0 Å². The van der Waals surface area contributed by atoms with Gasteiger partial charge in [0.1, 0.15) is 13.2 Å². The van der Waals surface area contributed by atoms with Crippen molar-refractivity contribution in [1.82, 2.24) is 5.32 Å². The lowest BCUT2D eigenvalue weighted by Crippen LogP contribution is -2.46. The summed E-state index contributed by atoms with van der Waals surface area (Å²) in [6.45, 7) is 4.68.